The number of anilines is 1. The molecule has 0 saturated heterocycles. The van der Waals surface area contributed by atoms with Gasteiger partial charge in [-0.2, -0.15) is 0 Å². The van der Waals surface area contributed by atoms with Crippen molar-refractivity contribution >= 4 is 11.6 Å². The molecule has 4 nitrogen and oxygen atoms in total. The summed E-state index contributed by atoms with van der Waals surface area (Å²) in [5.74, 6) is 1.32. The molecule has 0 atom stereocenters. The van der Waals surface area contributed by atoms with Gasteiger partial charge in [0.2, 0.25) is 0 Å². The van der Waals surface area contributed by atoms with Crippen LogP contribution < -0.4 is 14.8 Å². The summed E-state index contributed by atoms with van der Waals surface area (Å²) < 4.78 is 11.3. The van der Waals surface area contributed by atoms with Gasteiger partial charge in [-0.3, -0.25) is 4.79 Å². The maximum Gasteiger partial charge on any atom is 0.262 e. The lowest BCUT2D eigenvalue weighted by atomic mass is 10.1. The second-order valence-corrected chi connectivity index (χ2v) is 6.56. The minimum absolute atomic E-state index is 0.0252. The van der Waals surface area contributed by atoms with E-state index in [9.17, 15) is 4.79 Å². The molecular formula is C24H25NO3. The van der Waals surface area contributed by atoms with Crippen LogP contribution in [0.5, 0.6) is 11.5 Å². The lowest BCUT2D eigenvalue weighted by molar-refractivity contribution is -0.118. The second kappa shape index (κ2) is 10.2. The zero-order valence-corrected chi connectivity index (χ0v) is 16.1. The number of rotatable bonds is 9. The Morgan fingerprint density at radius 1 is 0.857 bits per heavy atom. The van der Waals surface area contributed by atoms with Crippen LogP contribution in [0.4, 0.5) is 5.69 Å². The zero-order valence-electron chi connectivity index (χ0n) is 16.1. The Hall–Kier alpha value is -3.27. The Labute approximate surface area is 166 Å². The molecule has 28 heavy (non-hydrogen) atoms. The molecule has 0 aliphatic carbocycles. The molecule has 0 aliphatic heterocycles. The molecule has 0 aromatic heterocycles. The van der Waals surface area contributed by atoms with Crippen LogP contribution in [0.3, 0.4) is 0 Å². The average Bonchev–Trinajstić information content (AvgIpc) is 2.72. The summed E-state index contributed by atoms with van der Waals surface area (Å²) in [6.45, 7) is 2.58. The fourth-order valence-corrected chi connectivity index (χ4v) is 2.80. The van der Waals surface area contributed by atoms with Crippen molar-refractivity contribution in [3.63, 3.8) is 0 Å². The second-order valence-electron chi connectivity index (χ2n) is 6.56. The minimum atomic E-state index is -0.195. The molecule has 0 aliphatic rings. The van der Waals surface area contributed by atoms with E-state index in [-0.39, 0.29) is 12.5 Å². The molecule has 1 N–H and O–H groups in total. The van der Waals surface area contributed by atoms with E-state index in [1.807, 2.05) is 61.5 Å². The Bertz CT molecular complexity index is 876. The van der Waals surface area contributed by atoms with Gasteiger partial charge in [0.05, 0.1) is 6.61 Å². The van der Waals surface area contributed by atoms with Crippen LogP contribution in [0.2, 0.25) is 0 Å². The van der Waals surface area contributed by atoms with Crippen LogP contribution >= 0.6 is 0 Å². The van der Waals surface area contributed by atoms with Crippen molar-refractivity contribution in [3.05, 3.63) is 90.0 Å². The Kier molecular flexibility index (Phi) is 7.08. The molecule has 0 spiro atoms. The van der Waals surface area contributed by atoms with Crippen molar-refractivity contribution in [1.82, 2.24) is 0 Å². The van der Waals surface area contributed by atoms with E-state index in [1.54, 1.807) is 0 Å². The largest absolute Gasteiger partial charge is 0.494 e. The first-order valence-electron chi connectivity index (χ1n) is 9.46. The zero-order chi connectivity index (χ0) is 19.6. The van der Waals surface area contributed by atoms with Gasteiger partial charge in [0.15, 0.2) is 6.61 Å². The highest BCUT2D eigenvalue weighted by Gasteiger charge is 2.05. The van der Waals surface area contributed by atoms with Crippen LogP contribution in [0.25, 0.3) is 0 Å². The van der Waals surface area contributed by atoms with E-state index in [4.69, 9.17) is 9.47 Å². The summed E-state index contributed by atoms with van der Waals surface area (Å²) in [5.41, 5.74) is 3.04. The van der Waals surface area contributed by atoms with Crippen LogP contribution in [-0.2, 0) is 11.2 Å². The van der Waals surface area contributed by atoms with Gasteiger partial charge >= 0.3 is 0 Å². The molecule has 0 heterocycles. The number of carbonyl (C=O) groups is 1. The first-order chi connectivity index (χ1) is 13.7. The SMILES string of the molecule is Cc1ccccc1OCC(=O)Nc1ccc(OCCCc2ccccc2)cc1. The van der Waals surface area contributed by atoms with Crippen molar-refractivity contribution in [1.29, 1.82) is 0 Å². The molecule has 3 rings (SSSR count). The maximum atomic E-state index is 12.1. The van der Waals surface area contributed by atoms with Crippen LogP contribution in [-0.4, -0.2) is 19.1 Å². The normalized spacial score (nSPS) is 10.3. The minimum Gasteiger partial charge on any atom is -0.494 e. The third-order valence-corrected chi connectivity index (χ3v) is 4.31. The van der Waals surface area contributed by atoms with Gasteiger partial charge < -0.3 is 14.8 Å². The summed E-state index contributed by atoms with van der Waals surface area (Å²) in [4.78, 5) is 12.1. The standard InChI is InChI=1S/C24H25NO3/c1-19-8-5-6-12-23(19)28-18-24(26)25-21-13-15-22(16-14-21)27-17-7-11-20-9-3-2-4-10-20/h2-6,8-10,12-16H,7,11,17-18H2,1H3,(H,25,26). The number of hydrogen-bond donors (Lipinski definition) is 1. The highest BCUT2D eigenvalue weighted by Crippen LogP contribution is 2.18. The van der Waals surface area contributed by atoms with Crippen molar-refractivity contribution < 1.29 is 14.3 Å². The average molecular weight is 375 g/mol. The van der Waals surface area contributed by atoms with E-state index < -0.39 is 0 Å². The van der Waals surface area contributed by atoms with Crippen molar-refractivity contribution in [3.8, 4) is 11.5 Å². The summed E-state index contributed by atoms with van der Waals surface area (Å²) in [5, 5.41) is 2.83. The predicted molar refractivity (Wildman–Crippen MR) is 112 cm³/mol. The topological polar surface area (TPSA) is 47.6 Å². The number of hydrogen-bond acceptors (Lipinski definition) is 3. The number of benzene rings is 3. The molecule has 4 heteroatoms. The molecular weight excluding hydrogens is 350 g/mol. The monoisotopic (exact) mass is 375 g/mol. The van der Waals surface area contributed by atoms with Gasteiger partial charge in [0.25, 0.3) is 5.91 Å². The lowest BCUT2D eigenvalue weighted by Crippen LogP contribution is -2.20. The van der Waals surface area contributed by atoms with E-state index in [1.165, 1.54) is 5.56 Å². The molecule has 0 saturated carbocycles. The Balaban J connectivity index is 1.39. The third kappa shape index (κ3) is 6.16. The van der Waals surface area contributed by atoms with Gasteiger partial charge in [0, 0.05) is 5.69 Å². The first-order valence-corrected chi connectivity index (χ1v) is 9.46. The first kappa shape index (κ1) is 19.5. The summed E-state index contributed by atoms with van der Waals surface area (Å²) in [6.07, 6.45) is 1.95. The molecule has 0 bridgehead atoms. The van der Waals surface area contributed by atoms with Gasteiger partial charge in [0.1, 0.15) is 11.5 Å². The molecule has 3 aromatic carbocycles. The molecule has 0 fully saturated rings. The quantitative estimate of drug-likeness (QED) is 0.534. The number of ether oxygens (including phenoxy) is 2. The van der Waals surface area contributed by atoms with Crippen LogP contribution in [0.1, 0.15) is 17.5 Å². The summed E-state index contributed by atoms with van der Waals surface area (Å²) in [7, 11) is 0. The number of carbonyl (C=O) groups excluding carboxylic acids is 1. The summed E-state index contributed by atoms with van der Waals surface area (Å²) in [6, 6.07) is 25.4. The number of para-hydroxylation sites is 1. The lowest BCUT2D eigenvalue weighted by Gasteiger charge is -2.10. The van der Waals surface area contributed by atoms with Crippen LogP contribution in [0, 0.1) is 6.92 Å². The predicted octanol–water partition coefficient (Wildman–Crippen LogP) is 5.02. The summed E-state index contributed by atoms with van der Waals surface area (Å²) >= 11 is 0. The highest BCUT2D eigenvalue weighted by atomic mass is 16.5. The molecule has 3 aromatic rings. The van der Waals surface area contributed by atoms with E-state index >= 15 is 0 Å². The van der Waals surface area contributed by atoms with Gasteiger partial charge in [-0.15, -0.1) is 0 Å². The van der Waals surface area contributed by atoms with Gasteiger partial charge in [-0.05, 0) is 61.2 Å². The maximum absolute atomic E-state index is 12.1. The van der Waals surface area contributed by atoms with E-state index in [0.717, 1.165) is 35.6 Å². The molecule has 0 radical (unpaired) electrons. The molecule has 1 amide bonds. The third-order valence-electron chi connectivity index (χ3n) is 4.31. The van der Waals surface area contributed by atoms with Crippen molar-refractivity contribution in [2.75, 3.05) is 18.5 Å². The molecule has 144 valence electrons. The number of nitrogens with one attached hydrogen (secondary N) is 1. The fraction of sp³-hybridized carbons (Fsp3) is 0.208. The van der Waals surface area contributed by atoms with E-state index in [0.29, 0.717) is 6.61 Å². The number of aryl methyl sites for hydroxylation is 2. The van der Waals surface area contributed by atoms with Crippen LogP contribution in [0.15, 0.2) is 78.9 Å². The van der Waals surface area contributed by atoms with Crippen molar-refractivity contribution in [2.24, 2.45) is 0 Å². The molecule has 0 unspecified atom stereocenters. The highest BCUT2D eigenvalue weighted by molar-refractivity contribution is 5.91. The smallest absolute Gasteiger partial charge is 0.262 e. The number of amides is 1. The van der Waals surface area contributed by atoms with Crippen molar-refractivity contribution in [2.45, 2.75) is 19.8 Å². The Morgan fingerprint density at radius 3 is 2.32 bits per heavy atom. The van der Waals surface area contributed by atoms with E-state index in [2.05, 4.69) is 29.6 Å². The fourth-order valence-electron chi connectivity index (χ4n) is 2.80. The van der Waals surface area contributed by atoms with Gasteiger partial charge in [-0.25, -0.2) is 0 Å². The Morgan fingerprint density at radius 2 is 1.57 bits per heavy atom. The van der Waals surface area contributed by atoms with Gasteiger partial charge in [-0.1, -0.05) is 48.5 Å².